The number of nitrogens with one attached hydrogen (secondary N) is 1. The number of hydrogen-bond donors (Lipinski definition) is 1. The third-order valence-corrected chi connectivity index (χ3v) is 4.89. The molecule has 4 rings (SSSR count). The summed E-state index contributed by atoms with van der Waals surface area (Å²) in [5.41, 5.74) is -0.383. The zero-order valence-electron chi connectivity index (χ0n) is 17.5. The van der Waals surface area contributed by atoms with E-state index < -0.39 is 34.5 Å². The van der Waals surface area contributed by atoms with Crippen LogP contribution in [-0.2, 0) is 6.54 Å². The van der Waals surface area contributed by atoms with Gasteiger partial charge in [-0.1, -0.05) is 29.8 Å². The summed E-state index contributed by atoms with van der Waals surface area (Å²) in [5, 5.41) is 6.49. The minimum absolute atomic E-state index is 0.243. The molecule has 7 nitrogen and oxygen atoms in total. The maximum Gasteiger partial charge on any atom is 0.352 e. The molecular formula is C24H18F2N4O3. The zero-order chi connectivity index (χ0) is 23.5. The lowest BCUT2D eigenvalue weighted by molar-refractivity contribution is 0.101. The van der Waals surface area contributed by atoms with Crippen molar-refractivity contribution in [1.29, 1.82) is 0 Å². The standard InChI is InChI=1S/C24H18F2N4O3/c1-15-5-11-20(12-6-15)30-24(33)29(14-16-3-2-4-18(26)13-16)23(32)21(28-30)22(31)27-19-9-7-17(25)8-10-19/h2-13H,14H2,1H3,(H,27,31). The summed E-state index contributed by atoms with van der Waals surface area (Å²) in [7, 11) is 0. The van der Waals surface area contributed by atoms with Crippen molar-refractivity contribution in [3.05, 3.63) is 122 Å². The Morgan fingerprint density at radius 2 is 1.64 bits per heavy atom. The first kappa shape index (κ1) is 21.8. The fourth-order valence-corrected chi connectivity index (χ4v) is 3.19. The van der Waals surface area contributed by atoms with Crippen molar-refractivity contribution in [2.24, 2.45) is 0 Å². The number of halogens is 2. The summed E-state index contributed by atoms with van der Waals surface area (Å²) in [6, 6.07) is 17.2. The molecule has 33 heavy (non-hydrogen) atoms. The molecule has 0 fully saturated rings. The van der Waals surface area contributed by atoms with Gasteiger partial charge < -0.3 is 5.32 Å². The maximum absolute atomic E-state index is 13.7. The number of amides is 1. The predicted molar refractivity (Wildman–Crippen MR) is 119 cm³/mol. The van der Waals surface area contributed by atoms with Crippen molar-refractivity contribution in [1.82, 2.24) is 14.3 Å². The van der Waals surface area contributed by atoms with Crippen LogP contribution in [0.1, 0.15) is 21.6 Å². The fourth-order valence-electron chi connectivity index (χ4n) is 3.19. The van der Waals surface area contributed by atoms with Crippen molar-refractivity contribution in [2.75, 3.05) is 5.32 Å². The molecule has 1 heterocycles. The lowest BCUT2D eigenvalue weighted by Gasteiger charge is -2.13. The van der Waals surface area contributed by atoms with Gasteiger partial charge in [0.25, 0.3) is 11.5 Å². The van der Waals surface area contributed by atoms with Crippen molar-refractivity contribution >= 4 is 11.6 Å². The maximum atomic E-state index is 13.7. The molecule has 0 spiro atoms. The number of carbonyl (C=O) groups is 1. The monoisotopic (exact) mass is 448 g/mol. The summed E-state index contributed by atoms with van der Waals surface area (Å²) >= 11 is 0. The Bertz CT molecular complexity index is 1440. The Morgan fingerprint density at radius 1 is 0.939 bits per heavy atom. The van der Waals surface area contributed by atoms with Crippen LogP contribution < -0.4 is 16.6 Å². The number of nitrogens with zero attached hydrogens (tertiary/aromatic N) is 3. The van der Waals surface area contributed by atoms with Crippen LogP contribution in [0.4, 0.5) is 14.5 Å². The Kier molecular flexibility index (Phi) is 5.95. The Balaban J connectivity index is 1.84. The number of rotatable bonds is 5. The van der Waals surface area contributed by atoms with Crippen LogP contribution in [0.25, 0.3) is 5.69 Å². The van der Waals surface area contributed by atoms with E-state index in [1.807, 2.05) is 6.92 Å². The van der Waals surface area contributed by atoms with Gasteiger partial charge in [0, 0.05) is 5.69 Å². The van der Waals surface area contributed by atoms with E-state index in [1.165, 1.54) is 30.3 Å². The van der Waals surface area contributed by atoms with Crippen LogP contribution in [0.15, 0.2) is 82.4 Å². The van der Waals surface area contributed by atoms with Gasteiger partial charge in [-0.2, -0.15) is 9.78 Å². The Labute approximate surface area is 186 Å². The lowest BCUT2D eigenvalue weighted by Crippen LogP contribution is -2.45. The lowest BCUT2D eigenvalue weighted by atomic mass is 10.2. The Hall–Kier alpha value is -4.40. The highest BCUT2D eigenvalue weighted by Crippen LogP contribution is 2.10. The van der Waals surface area contributed by atoms with E-state index in [9.17, 15) is 23.2 Å². The van der Waals surface area contributed by atoms with E-state index in [0.29, 0.717) is 11.3 Å². The largest absolute Gasteiger partial charge is 0.352 e. The van der Waals surface area contributed by atoms with E-state index in [-0.39, 0.29) is 12.2 Å². The number of anilines is 1. The average molecular weight is 448 g/mol. The van der Waals surface area contributed by atoms with Crippen molar-refractivity contribution < 1.29 is 13.6 Å². The molecule has 0 atom stereocenters. The smallest absolute Gasteiger partial charge is 0.320 e. The van der Waals surface area contributed by atoms with Gasteiger partial charge in [-0.05, 0) is 61.0 Å². The van der Waals surface area contributed by atoms with Crippen LogP contribution in [0.3, 0.4) is 0 Å². The molecule has 1 aromatic heterocycles. The van der Waals surface area contributed by atoms with Gasteiger partial charge in [-0.3, -0.25) is 14.2 Å². The molecule has 4 aromatic rings. The van der Waals surface area contributed by atoms with E-state index in [0.717, 1.165) is 26.9 Å². The van der Waals surface area contributed by atoms with Crippen LogP contribution in [-0.4, -0.2) is 20.3 Å². The van der Waals surface area contributed by atoms with Gasteiger partial charge in [0.05, 0.1) is 12.2 Å². The van der Waals surface area contributed by atoms with Crippen LogP contribution in [0, 0.1) is 18.6 Å². The number of aromatic nitrogens is 3. The van der Waals surface area contributed by atoms with Crippen molar-refractivity contribution in [2.45, 2.75) is 13.5 Å². The first-order valence-corrected chi connectivity index (χ1v) is 9.94. The normalized spacial score (nSPS) is 10.8. The van der Waals surface area contributed by atoms with Gasteiger partial charge in [0.15, 0.2) is 0 Å². The summed E-state index contributed by atoms with van der Waals surface area (Å²) < 4.78 is 28.6. The van der Waals surface area contributed by atoms with Crippen LogP contribution in [0.2, 0.25) is 0 Å². The molecule has 1 amide bonds. The van der Waals surface area contributed by atoms with Crippen molar-refractivity contribution in [3.63, 3.8) is 0 Å². The molecule has 0 bridgehead atoms. The number of hydrogen-bond acceptors (Lipinski definition) is 4. The number of carbonyl (C=O) groups excluding carboxylic acids is 1. The first-order chi connectivity index (χ1) is 15.8. The highest BCUT2D eigenvalue weighted by atomic mass is 19.1. The second-order valence-corrected chi connectivity index (χ2v) is 7.36. The van der Waals surface area contributed by atoms with Crippen molar-refractivity contribution in [3.8, 4) is 5.69 Å². The third-order valence-electron chi connectivity index (χ3n) is 4.89. The molecule has 0 aliphatic rings. The molecule has 166 valence electrons. The highest BCUT2D eigenvalue weighted by molar-refractivity contribution is 6.02. The molecule has 0 radical (unpaired) electrons. The molecule has 1 N–H and O–H groups in total. The molecule has 9 heteroatoms. The quantitative estimate of drug-likeness (QED) is 0.508. The summed E-state index contributed by atoms with van der Waals surface area (Å²) in [6.45, 7) is 1.60. The minimum Gasteiger partial charge on any atom is -0.320 e. The molecule has 0 aliphatic carbocycles. The van der Waals surface area contributed by atoms with Gasteiger partial charge in [-0.25, -0.2) is 13.6 Å². The fraction of sp³-hybridized carbons (Fsp3) is 0.0833. The third kappa shape index (κ3) is 4.77. The molecule has 0 aliphatic heterocycles. The molecule has 3 aromatic carbocycles. The van der Waals surface area contributed by atoms with Gasteiger partial charge in [0.2, 0.25) is 5.69 Å². The van der Waals surface area contributed by atoms with Crippen LogP contribution >= 0.6 is 0 Å². The zero-order valence-corrected chi connectivity index (χ0v) is 17.5. The van der Waals surface area contributed by atoms with Gasteiger partial charge >= 0.3 is 5.69 Å². The molecule has 0 unspecified atom stereocenters. The van der Waals surface area contributed by atoms with E-state index in [4.69, 9.17) is 0 Å². The first-order valence-electron chi connectivity index (χ1n) is 9.94. The second-order valence-electron chi connectivity index (χ2n) is 7.36. The van der Waals surface area contributed by atoms with Crippen LogP contribution in [0.5, 0.6) is 0 Å². The molecular weight excluding hydrogens is 430 g/mol. The van der Waals surface area contributed by atoms with E-state index >= 15 is 0 Å². The topological polar surface area (TPSA) is 86.0 Å². The average Bonchev–Trinajstić information content (AvgIpc) is 2.79. The van der Waals surface area contributed by atoms with E-state index in [2.05, 4.69) is 10.4 Å². The summed E-state index contributed by atoms with van der Waals surface area (Å²) in [6.07, 6.45) is 0. The Morgan fingerprint density at radius 3 is 2.30 bits per heavy atom. The van der Waals surface area contributed by atoms with Gasteiger partial charge in [-0.15, -0.1) is 0 Å². The van der Waals surface area contributed by atoms with E-state index in [1.54, 1.807) is 30.3 Å². The molecule has 0 saturated heterocycles. The second kappa shape index (κ2) is 8.99. The summed E-state index contributed by atoms with van der Waals surface area (Å²) in [4.78, 5) is 39.1. The SMILES string of the molecule is Cc1ccc(-n2nc(C(=O)Nc3ccc(F)cc3)c(=O)n(Cc3cccc(F)c3)c2=O)cc1. The summed E-state index contributed by atoms with van der Waals surface area (Å²) in [5.74, 6) is -1.89. The molecule has 0 saturated carbocycles. The number of aryl methyl sites for hydroxylation is 1. The highest BCUT2D eigenvalue weighted by Gasteiger charge is 2.21. The predicted octanol–water partition coefficient (Wildman–Crippen LogP) is 3.28. The number of benzene rings is 3. The van der Waals surface area contributed by atoms with Gasteiger partial charge in [0.1, 0.15) is 11.6 Å². The minimum atomic E-state index is -0.938.